The SMILES string of the molecule is COc1ccccc1NC(=O)CN1C(=O)C[C@@H](C)Sc2ccc(S(=O)(=O)N3CCCCC3)cc21. The predicted octanol–water partition coefficient (Wildman–Crippen LogP) is 3.73. The molecule has 1 fully saturated rings. The van der Waals surface area contributed by atoms with Gasteiger partial charge in [0.1, 0.15) is 12.3 Å². The van der Waals surface area contributed by atoms with Crippen molar-refractivity contribution in [3.8, 4) is 5.75 Å². The molecule has 0 bridgehead atoms. The van der Waals surface area contributed by atoms with Crippen LogP contribution in [0.2, 0.25) is 0 Å². The minimum atomic E-state index is -3.68. The first-order valence-corrected chi connectivity index (χ1v) is 13.7. The summed E-state index contributed by atoms with van der Waals surface area (Å²) in [5.74, 6) is -0.105. The molecule has 4 rings (SSSR count). The number of nitrogens with one attached hydrogen (secondary N) is 1. The number of hydrogen-bond acceptors (Lipinski definition) is 6. The van der Waals surface area contributed by atoms with E-state index in [0.717, 1.165) is 24.2 Å². The van der Waals surface area contributed by atoms with Gasteiger partial charge in [-0.2, -0.15) is 4.31 Å². The molecule has 0 aliphatic carbocycles. The zero-order valence-corrected chi connectivity index (χ0v) is 21.0. The number of amides is 2. The van der Waals surface area contributed by atoms with Crippen LogP contribution < -0.4 is 15.0 Å². The molecule has 2 aromatic rings. The van der Waals surface area contributed by atoms with E-state index in [-0.39, 0.29) is 29.0 Å². The molecule has 0 spiro atoms. The van der Waals surface area contributed by atoms with Crippen LogP contribution in [0, 0.1) is 0 Å². The largest absolute Gasteiger partial charge is 0.495 e. The number of thioether (sulfide) groups is 1. The van der Waals surface area contributed by atoms with Crippen LogP contribution in [0.15, 0.2) is 52.3 Å². The van der Waals surface area contributed by atoms with Gasteiger partial charge in [0.25, 0.3) is 0 Å². The van der Waals surface area contributed by atoms with Crippen molar-refractivity contribution in [1.29, 1.82) is 0 Å². The Morgan fingerprint density at radius 1 is 1.15 bits per heavy atom. The van der Waals surface area contributed by atoms with E-state index in [0.29, 0.717) is 30.2 Å². The summed E-state index contributed by atoms with van der Waals surface area (Å²) in [4.78, 5) is 28.4. The van der Waals surface area contributed by atoms with E-state index in [2.05, 4.69) is 5.32 Å². The van der Waals surface area contributed by atoms with Crippen LogP contribution in [0.25, 0.3) is 0 Å². The maximum atomic E-state index is 13.3. The van der Waals surface area contributed by atoms with Gasteiger partial charge in [0, 0.05) is 29.7 Å². The normalized spacial score (nSPS) is 19.3. The number of benzene rings is 2. The molecule has 1 saturated heterocycles. The molecular formula is C24H29N3O5S2. The topological polar surface area (TPSA) is 96.0 Å². The Balaban J connectivity index is 1.65. The van der Waals surface area contributed by atoms with Crippen LogP contribution in [0.4, 0.5) is 11.4 Å². The van der Waals surface area contributed by atoms with E-state index < -0.39 is 15.9 Å². The first-order chi connectivity index (χ1) is 16.3. The van der Waals surface area contributed by atoms with E-state index in [9.17, 15) is 18.0 Å². The molecule has 0 saturated carbocycles. The molecule has 34 heavy (non-hydrogen) atoms. The molecule has 2 aliphatic rings. The molecule has 2 aromatic carbocycles. The van der Waals surface area contributed by atoms with Crippen LogP contribution in [0.5, 0.6) is 5.75 Å². The highest BCUT2D eigenvalue weighted by Gasteiger charge is 2.32. The third-order valence-corrected chi connectivity index (χ3v) is 9.01. The summed E-state index contributed by atoms with van der Waals surface area (Å²) in [6.45, 7) is 2.71. The van der Waals surface area contributed by atoms with Crippen molar-refractivity contribution in [3.05, 3.63) is 42.5 Å². The standard InChI is InChI=1S/C24H29N3O5S2/c1-17-14-24(29)27(16-23(28)25-19-8-4-5-9-21(19)32-2)20-15-18(10-11-22(20)33-17)34(30,31)26-12-6-3-7-13-26/h4-5,8-11,15,17H,3,6-7,12-14,16H2,1-2H3,(H,25,28)/t17-/m1/s1. The second kappa shape index (κ2) is 10.4. The third-order valence-electron chi connectivity index (χ3n) is 5.95. The summed E-state index contributed by atoms with van der Waals surface area (Å²) in [6, 6.07) is 11.9. The number of hydrogen-bond donors (Lipinski definition) is 1. The maximum absolute atomic E-state index is 13.3. The van der Waals surface area contributed by atoms with Crippen molar-refractivity contribution in [2.24, 2.45) is 0 Å². The van der Waals surface area contributed by atoms with Crippen LogP contribution in [0.1, 0.15) is 32.6 Å². The second-order valence-electron chi connectivity index (χ2n) is 8.46. The molecule has 1 atom stereocenters. The van der Waals surface area contributed by atoms with Crippen LogP contribution in [0.3, 0.4) is 0 Å². The number of ether oxygens (including phenoxy) is 1. The highest BCUT2D eigenvalue weighted by molar-refractivity contribution is 8.00. The van der Waals surface area contributed by atoms with Crippen molar-refractivity contribution in [3.63, 3.8) is 0 Å². The van der Waals surface area contributed by atoms with Gasteiger partial charge >= 0.3 is 0 Å². The van der Waals surface area contributed by atoms with Gasteiger partial charge < -0.3 is 15.0 Å². The molecule has 10 heteroatoms. The number of rotatable bonds is 6. The van der Waals surface area contributed by atoms with Gasteiger partial charge in [-0.1, -0.05) is 25.5 Å². The molecule has 0 aromatic heterocycles. The number of nitrogens with zero attached hydrogens (tertiary/aromatic N) is 2. The lowest BCUT2D eigenvalue weighted by atomic mass is 10.2. The Morgan fingerprint density at radius 3 is 2.62 bits per heavy atom. The van der Waals surface area contributed by atoms with Crippen LogP contribution in [-0.2, 0) is 19.6 Å². The average molecular weight is 504 g/mol. The predicted molar refractivity (Wildman–Crippen MR) is 133 cm³/mol. The molecule has 182 valence electrons. The van der Waals surface area contributed by atoms with Gasteiger partial charge in [0.15, 0.2) is 0 Å². The fourth-order valence-corrected chi connectivity index (χ4v) is 6.86. The molecular weight excluding hydrogens is 474 g/mol. The highest BCUT2D eigenvalue weighted by atomic mass is 32.2. The number of anilines is 2. The number of methoxy groups -OCH3 is 1. The molecule has 2 aliphatic heterocycles. The van der Waals surface area contributed by atoms with Crippen LogP contribution >= 0.6 is 11.8 Å². The average Bonchev–Trinajstić information content (AvgIpc) is 2.94. The Bertz CT molecular complexity index is 1180. The van der Waals surface area contributed by atoms with E-state index >= 15 is 0 Å². The summed E-state index contributed by atoms with van der Waals surface area (Å²) in [5, 5.41) is 2.80. The second-order valence-corrected chi connectivity index (χ2v) is 11.9. The first-order valence-electron chi connectivity index (χ1n) is 11.3. The van der Waals surface area contributed by atoms with Crippen molar-refractivity contribution in [2.75, 3.05) is 37.0 Å². The van der Waals surface area contributed by atoms with E-state index in [4.69, 9.17) is 4.74 Å². The summed E-state index contributed by atoms with van der Waals surface area (Å²) in [7, 11) is -2.16. The highest BCUT2D eigenvalue weighted by Crippen LogP contribution is 2.40. The summed E-state index contributed by atoms with van der Waals surface area (Å²) in [5.41, 5.74) is 0.953. The van der Waals surface area contributed by atoms with Crippen LogP contribution in [-0.4, -0.2) is 56.5 Å². The Labute approximate surface area is 204 Å². The van der Waals surface area contributed by atoms with Gasteiger partial charge in [-0.25, -0.2) is 8.42 Å². The Morgan fingerprint density at radius 2 is 1.88 bits per heavy atom. The van der Waals surface area contributed by atoms with Crippen molar-refractivity contribution in [1.82, 2.24) is 4.31 Å². The molecule has 2 amide bonds. The number of fused-ring (bicyclic) bond motifs is 1. The van der Waals surface area contributed by atoms with Crippen molar-refractivity contribution in [2.45, 2.75) is 47.6 Å². The molecule has 1 N–H and O–H groups in total. The van der Waals surface area contributed by atoms with Crippen molar-refractivity contribution >= 4 is 45.0 Å². The van der Waals surface area contributed by atoms with E-state index in [1.807, 2.05) is 6.92 Å². The maximum Gasteiger partial charge on any atom is 0.244 e. The molecule has 2 heterocycles. The van der Waals surface area contributed by atoms with E-state index in [1.54, 1.807) is 42.5 Å². The zero-order valence-electron chi connectivity index (χ0n) is 19.3. The van der Waals surface area contributed by atoms with Gasteiger partial charge in [0.05, 0.1) is 23.4 Å². The smallest absolute Gasteiger partial charge is 0.244 e. The third kappa shape index (κ3) is 5.24. The van der Waals surface area contributed by atoms with Crippen molar-refractivity contribution < 1.29 is 22.7 Å². The summed E-state index contributed by atoms with van der Waals surface area (Å²) in [6.07, 6.45) is 2.94. The summed E-state index contributed by atoms with van der Waals surface area (Å²) >= 11 is 1.51. The Kier molecular flexibility index (Phi) is 7.49. The number of carbonyl (C=O) groups is 2. The monoisotopic (exact) mass is 503 g/mol. The molecule has 8 nitrogen and oxygen atoms in total. The lowest BCUT2D eigenvalue weighted by Crippen LogP contribution is -2.39. The first kappa shape index (κ1) is 24.6. The van der Waals surface area contributed by atoms with Gasteiger partial charge in [-0.3, -0.25) is 9.59 Å². The van der Waals surface area contributed by atoms with Gasteiger partial charge in [-0.05, 0) is 43.2 Å². The number of para-hydroxylation sites is 2. The number of carbonyl (C=O) groups excluding carboxylic acids is 2. The fourth-order valence-electron chi connectivity index (χ4n) is 4.23. The minimum Gasteiger partial charge on any atom is -0.495 e. The minimum absolute atomic E-state index is 0.00178. The molecule has 0 radical (unpaired) electrons. The lowest BCUT2D eigenvalue weighted by molar-refractivity contribution is -0.121. The van der Waals surface area contributed by atoms with Gasteiger partial charge in [-0.15, -0.1) is 11.8 Å². The zero-order chi connectivity index (χ0) is 24.3. The van der Waals surface area contributed by atoms with E-state index in [1.165, 1.54) is 28.1 Å². The van der Waals surface area contributed by atoms with Gasteiger partial charge in [0.2, 0.25) is 21.8 Å². The quantitative estimate of drug-likeness (QED) is 0.645. The number of sulfonamides is 1. The number of piperidine rings is 1. The lowest BCUT2D eigenvalue weighted by Gasteiger charge is -2.27. The Hall–Kier alpha value is -2.56. The fraction of sp³-hybridized carbons (Fsp3) is 0.417. The summed E-state index contributed by atoms with van der Waals surface area (Å²) < 4.78 is 33.3. The molecule has 0 unspecified atom stereocenters.